The highest BCUT2D eigenvalue weighted by molar-refractivity contribution is 5.75. The quantitative estimate of drug-likeness (QED) is 0.576. The van der Waals surface area contributed by atoms with E-state index in [1.165, 1.54) is 6.39 Å². The first kappa shape index (κ1) is 13.4. The van der Waals surface area contributed by atoms with Gasteiger partial charge in [-0.15, -0.1) is 10.2 Å². The van der Waals surface area contributed by atoms with E-state index >= 15 is 0 Å². The topological polar surface area (TPSA) is 73.9 Å². The SMILES string of the molecule is c1ccc(C(Oc2ccc3nccnc3c2)c2nnco2)cc1. The van der Waals surface area contributed by atoms with E-state index in [1.807, 2.05) is 48.5 Å². The van der Waals surface area contributed by atoms with Crippen LogP contribution in [0.15, 0.2) is 71.7 Å². The first-order chi connectivity index (χ1) is 11.4. The molecule has 4 aromatic rings. The number of ether oxygens (including phenoxy) is 1. The van der Waals surface area contributed by atoms with Crippen LogP contribution < -0.4 is 4.74 Å². The molecule has 0 aliphatic carbocycles. The number of hydrogen-bond donors (Lipinski definition) is 0. The van der Waals surface area contributed by atoms with Crippen LogP contribution in [0.5, 0.6) is 5.75 Å². The Bertz CT molecular complexity index is 910. The molecule has 0 amide bonds. The molecule has 1 unspecified atom stereocenters. The predicted octanol–water partition coefficient (Wildman–Crippen LogP) is 3.18. The van der Waals surface area contributed by atoms with Gasteiger partial charge in [0.1, 0.15) is 5.75 Å². The fraction of sp³-hybridized carbons (Fsp3) is 0.0588. The Labute approximate surface area is 131 Å². The van der Waals surface area contributed by atoms with Crippen molar-refractivity contribution in [1.29, 1.82) is 0 Å². The number of nitrogens with zero attached hydrogens (tertiary/aromatic N) is 4. The Balaban J connectivity index is 1.72. The van der Waals surface area contributed by atoms with Crippen molar-refractivity contribution in [3.8, 4) is 5.75 Å². The highest BCUT2D eigenvalue weighted by Gasteiger charge is 2.21. The Morgan fingerprint density at radius 3 is 2.52 bits per heavy atom. The number of benzene rings is 2. The second kappa shape index (κ2) is 5.84. The van der Waals surface area contributed by atoms with E-state index in [1.54, 1.807) is 12.4 Å². The molecular formula is C17H12N4O2. The van der Waals surface area contributed by atoms with Crippen LogP contribution in [0.2, 0.25) is 0 Å². The van der Waals surface area contributed by atoms with Gasteiger partial charge in [-0.1, -0.05) is 30.3 Å². The molecule has 0 fully saturated rings. The predicted molar refractivity (Wildman–Crippen MR) is 82.7 cm³/mol. The highest BCUT2D eigenvalue weighted by atomic mass is 16.5. The van der Waals surface area contributed by atoms with Crippen molar-refractivity contribution in [1.82, 2.24) is 20.2 Å². The summed E-state index contributed by atoms with van der Waals surface area (Å²) in [5.74, 6) is 1.06. The summed E-state index contributed by atoms with van der Waals surface area (Å²) in [5, 5.41) is 7.72. The van der Waals surface area contributed by atoms with Crippen molar-refractivity contribution in [2.24, 2.45) is 0 Å². The van der Waals surface area contributed by atoms with E-state index in [0.29, 0.717) is 11.6 Å². The van der Waals surface area contributed by atoms with Crippen LogP contribution in [-0.4, -0.2) is 20.2 Å². The van der Waals surface area contributed by atoms with Gasteiger partial charge in [0.15, 0.2) is 0 Å². The maximum absolute atomic E-state index is 6.09. The fourth-order valence-electron chi connectivity index (χ4n) is 2.34. The third-order valence-electron chi connectivity index (χ3n) is 3.40. The molecule has 23 heavy (non-hydrogen) atoms. The first-order valence-corrected chi connectivity index (χ1v) is 7.08. The lowest BCUT2D eigenvalue weighted by Crippen LogP contribution is -2.10. The van der Waals surface area contributed by atoms with Crippen LogP contribution in [0.25, 0.3) is 11.0 Å². The monoisotopic (exact) mass is 304 g/mol. The van der Waals surface area contributed by atoms with E-state index in [-0.39, 0.29) is 0 Å². The molecule has 6 nitrogen and oxygen atoms in total. The average Bonchev–Trinajstić information content (AvgIpc) is 3.14. The molecule has 2 aromatic heterocycles. The normalized spacial score (nSPS) is 12.2. The summed E-state index contributed by atoms with van der Waals surface area (Å²) in [4.78, 5) is 8.54. The van der Waals surface area contributed by atoms with E-state index in [2.05, 4.69) is 20.2 Å². The smallest absolute Gasteiger partial charge is 0.261 e. The van der Waals surface area contributed by atoms with Crippen molar-refractivity contribution in [3.05, 3.63) is 78.8 Å². The molecule has 112 valence electrons. The Hall–Kier alpha value is -3.28. The Morgan fingerprint density at radius 1 is 0.913 bits per heavy atom. The van der Waals surface area contributed by atoms with Gasteiger partial charge in [0, 0.05) is 24.0 Å². The van der Waals surface area contributed by atoms with Gasteiger partial charge in [-0.25, -0.2) is 0 Å². The van der Waals surface area contributed by atoms with Crippen molar-refractivity contribution in [2.75, 3.05) is 0 Å². The molecule has 0 aliphatic heterocycles. The van der Waals surface area contributed by atoms with E-state index in [4.69, 9.17) is 9.15 Å². The molecule has 0 aliphatic rings. The lowest BCUT2D eigenvalue weighted by atomic mass is 10.1. The van der Waals surface area contributed by atoms with Gasteiger partial charge in [0.2, 0.25) is 12.5 Å². The second-order valence-electron chi connectivity index (χ2n) is 4.89. The molecule has 2 aromatic carbocycles. The number of fused-ring (bicyclic) bond motifs is 1. The van der Waals surface area contributed by atoms with Crippen molar-refractivity contribution in [2.45, 2.75) is 6.10 Å². The van der Waals surface area contributed by atoms with Gasteiger partial charge in [-0.2, -0.15) is 0 Å². The van der Waals surface area contributed by atoms with Gasteiger partial charge < -0.3 is 9.15 Å². The minimum Gasteiger partial charge on any atom is -0.476 e. The average molecular weight is 304 g/mol. The summed E-state index contributed by atoms with van der Waals surface area (Å²) >= 11 is 0. The standard InChI is InChI=1S/C17H12N4O2/c1-2-4-12(5-3-1)16(17-21-20-11-22-17)23-13-6-7-14-15(10-13)19-9-8-18-14/h1-11,16H. The van der Waals surface area contributed by atoms with Gasteiger partial charge >= 0.3 is 0 Å². The van der Waals surface area contributed by atoms with Crippen LogP contribution in [0.4, 0.5) is 0 Å². The summed E-state index contributed by atoms with van der Waals surface area (Å²) in [7, 11) is 0. The van der Waals surface area contributed by atoms with E-state index in [0.717, 1.165) is 16.6 Å². The largest absolute Gasteiger partial charge is 0.476 e. The van der Waals surface area contributed by atoms with E-state index < -0.39 is 6.10 Å². The number of rotatable bonds is 4. The maximum Gasteiger partial charge on any atom is 0.261 e. The molecule has 1 atom stereocenters. The molecule has 0 saturated carbocycles. The fourth-order valence-corrected chi connectivity index (χ4v) is 2.34. The van der Waals surface area contributed by atoms with Crippen LogP contribution in [0.1, 0.15) is 17.6 Å². The Morgan fingerprint density at radius 2 is 1.74 bits per heavy atom. The van der Waals surface area contributed by atoms with Crippen LogP contribution >= 0.6 is 0 Å². The van der Waals surface area contributed by atoms with Crippen molar-refractivity contribution < 1.29 is 9.15 Å². The zero-order valence-corrected chi connectivity index (χ0v) is 12.0. The lowest BCUT2D eigenvalue weighted by Gasteiger charge is -2.16. The van der Waals surface area contributed by atoms with Crippen molar-refractivity contribution in [3.63, 3.8) is 0 Å². The van der Waals surface area contributed by atoms with E-state index in [9.17, 15) is 0 Å². The molecule has 0 bridgehead atoms. The summed E-state index contributed by atoms with van der Waals surface area (Å²) < 4.78 is 11.4. The Kier molecular flexibility index (Phi) is 3.40. The van der Waals surface area contributed by atoms with Gasteiger partial charge in [0.05, 0.1) is 11.0 Å². The van der Waals surface area contributed by atoms with Crippen LogP contribution in [0.3, 0.4) is 0 Å². The van der Waals surface area contributed by atoms with Gasteiger partial charge in [-0.3, -0.25) is 9.97 Å². The molecule has 0 saturated heterocycles. The molecule has 2 heterocycles. The molecule has 0 spiro atoms. The summed E-state index contributed by atoms with van der Waals surface area (Å²) in [6.45, 7) is 0. The third-order valence-corrected chi connectivity index (χ3v) is 3.40. The first-order valence-electron chi connectivity index (χ1n) is 7.08. The lowest BCUT2D eigenvalue weighted by molar-refractivity contribution is 0.208. The zero-order chi connectivity index (χ0) is 15.5. The third kappa shape index (κ3) is 2.74. The zero-order valence-electron chi connectivity index (χ0n) is 12.0. The summed E-state index contributed by atoms with van der Waals surface area (Å²) in [5.41, 5.74) is 2.51. The second-order valence-corrected chi connectivity index (χ2v) is 4.89. The molecule has 6 heteroatoms. The highest BCUT2D eigenvalue weighted by Crippen LogP contribution is 2.28. The summed E-state index contributed by atoms with van der Waals surface area (Å²) in [6.07, 6.45) is 4.13. The molecule has 4 rings (SSSR count). The maximum atomic E-state index is 6.09. The summed E-state index contributed by atoms with van der Waals surface area (Å²) in [6, 6.07) is 15.3. The molecule has 0 N–H and O–H groups in total. The van der Waals surface area contributed by atoms with Crippen molar-refractivity contribution >= 4 is 11.0 Å². The van der Waals surface area contributed by atoms with Crippen LogP contribution in [0, 0.1) is 0 Å². The van der Waals surface area contributed by atoms with Gasteiger partial charge in [-0.05, 0) is 12.1 Å². The molecular weight excluding hydrogens is 292 g/mol. The minimum atomic E-state index is -0.479. The van der Waals surface area contributed by atoms with Gasteiger partial charge in [0.25, 0.3) is 5.89 Å². The van der Waals surface area contributed by atoms with Crippen LogP contribution in [-0.2, 0) is 0 Å². The minimum absolute atomic E-state index is 0.399. The number of aromatic nitrogens is 4. The molecule has 0 radical (unpaired) electrons. The number of hydrogen-bond acceptors (Lipinski definition) is 6.